The maximum Gasteiger partial charge on any atom is 0.0631 e. The van der Waals surface area contributed by atoms with Gasteiger partial charge in [-0.25, -0.2) is 0 Å². The Hall–Kier alpha value is -0.830. The van der Waals surface area contributed by atoms with Gasteiger partial charge in [-0.3, -0.25) is 4.68 Å². The Bertz CT molecular complexity index is 341. The van der Waals surface area contributed by atoms with E-state index in [0.29, 0.717) is 11.8 Å². The van der Waals surface area contributed by atoms with E-state index in [1.165, 1.54) is 23.4 Å². The molecule has 2 N–H and O–H groups in total. The summed E-state index contributed by atoms with van der Waals surface area (Å²) in [6.45, 7) is 8.20. The molecule has 0 aliphatic heterocycles. The van der Waals surface area contributed by atoms with Gasteiger partial charge in [-0.1, -0.05) is 0 Å². The lowest BCUT2D eigenvalue weighted by Gasteiger charge is -2.01. The van der Waals surface area contributed by atoms with Crippen molar-refractivity contribution in [2.75, 3.05) is 6.54 Å². The van der Waals surface area contributed by atoms with E-state index < -0.39 is 0 Å². The molecule has 0 radical (unpaired) electrons. The van der Waals surface area contributed by atoms with E-state index in [-0.39, 0.29) is 0 Å². The number of nitrogens with two attached hydrogens (primary N) is 1. The minimum absolute atomic E-state index is 0.695. The quantitative estimate of drug-likeness (QED) is 0.792. The van der Waals surface area contributed by atoms with E-state index in [2.05, 4.69) is 30.6 Å². The molecular weight excluding hydrogens is 174 g/mol. The minimum Gasteiger partial charge on any atom is -0.330 e. The summed E-state index contributed by atoms with van der Waals surface area (Å²) in [4.78, 5) is 0. The highest BCUT2D eigenvalue weighted by molar-refractivity contribution is 5.33. The molecule has 1 aliphatic rings. The SMILES string of the molecule is CCn1nc(C)c([C@@H]2C[C@H]2CN)c1C. The second-order valence-corrected chi connectivity index (χ2v) is 4.24. The summed E-state index contributed by atoms with van der Waals surface area (Å²) < 4.78 is 2.09. The Morgan fingerprint density at radius 3 is 2.64 bits per heavy atom. The lowest BCUT2D eigenvalue weighted by atomic mass is 10.1. The Balaban J connectivity index is 2.29. The average molecular weight is 193 g/mol. The summed E-state index contributed by atoms with van der Waals surface area (Å²) in [6.07, 6.45) is 1.26. The van der Waals surface area contributed by atoms with Crippen LogP contribution in [-0.4, -0.2) is 16.3 Å². The van der Waals surface area contributed by atoms with E-state index in [4.69, 9.17) is 5.73 Å². The molecule has 1 saturated carbocycles. The largest absolute Gasteiger partial charge is 0.330 e. The van der Waals surface area contributed by atoms with Crippen LogP contribution in [0.3, 0.4) is 0 Å². The van der Waals surface area contributed by atoms with Gasteiger partial charge in [0.1, 0.15) is 0 Å². The van der Waals surface area contributed by atoms with Crippen molar-refractivity contribution < 1.29 is 0 Å². The summed E-state index contributed by atoms with van der Waals surface area (Å²) in [5, 5.41) is 4.53. The first kappa shape index (κ1) is 9.71. The standard InChI is InChI=1S/C11H19N3/c1-4-14-8(3)11(7(2)13-14)10-5-9(10)6-12/h9-10H,4-6,12H2,1-3H3/t9-,10+/m0/s1. The molecule has 0 bridgehead atoms. The fraction of sp³-hybridized carbons (Fsp3) is 0.727. The van der Waals surface area contributed by atoms with Crippen molar-refractivity contribution >= 4 is 0 Å². The fourth-order valence-electron chi connectivity index (χ4n) is 2.42. The van der Waals surface area contributed by atoms with Gasteiger partial charge in [0.05, 0.1) is 5.69 Å². The summed E-state index contributed by atoms with van der Waals surface area (Å²) in [6, 6.07) is 0. The first-order valence-corrected chi connectivity index (χ1v) is 5.43. The second kappa shape index (κ2) is 3.39. The molecule has 14 heavy (non-hydrogen) atoms. The van der Waals surface area contributed by atoms with Crippen molar-refractivity contribution in [1.82, 2.24) is 9.78 Å². The molecule has 1 heterocycles. The van der Waals surface area contributed by atoms with Crippen molar-refractivity contribution in [3.05, 3.63) is 17.0 Å². The van der Waals surface area contributed by atoms with Crippen LogP contribution >= 0.6 is 0 Å². The third-order valence-electron chi connectivity index (χ3n) is 3.33. The Morgan fingerprint density at radius 2 is 2.21 bits per heavy atom. The van der Waals surface area contributed by atoms with Crippen LogP contribution in [0.25, 0.3) is 0 Å². The third-order valence-corrected chi connectivity index (χ3v) is 3.33. The van der Waals surface area contributed by atoms with Crippen molar-refractivity contribution in [3.8, 4) is 0 Å². The zero-order chi connectivity index (χ0) is 10.3. The number of aryl methyl sites for hydroxylation is 2. The highest BCUT2D eigenvalue weighted by atomic mass is 15.3. The summed E-state index contributed by atoms with van der Waals surface area (Å²) in [5.74, 6) is 1.40. The van der Waals surface area contributed by atoms with Crippen LogP contribution in [0.2, 0.25) is 0 Å². The normalized spacial score (nSPS) is 25.4. The maximum atomic E-state index is 5.67. The highest BCUT2D eigenvalue weighted by Crippen LogP contribution is 2.48. The van der Waals surface area contributed by atoms with Gasteiger partial charge in [0, 0.05) is 12.2 Å². The van der Waals surface area contributed by atoms with Crippen LogP contribution < -0.4 is 5.73 Å². The van der Waals surface area contributed by atoms with Gasteiger partial charge >= 0.3 is 0 Å². The van der Waals surface area contributed by atoms with E-state index in [1.54, 1.807) is 0 Å². The number of aromatic nitrogens is 2. The number of hydrogen-bond donors (Lipinski definition) is 1. The molecule has 0 amide bonds. The lowest BCUT2D eigenvalue weighted by molar-refractivity contribution is 0.633. The monoisotopic (exact) mass is 193 g/mol. The first-order chi connectivity index (χ1) is 6.69. The number of hydrogen-bond acceptors (Lipinski definition) is 2. The van der Waals surface area contributed by atoms with E-state index >= 15 is 0 Å². The zero-order valence-corrected chi connectivity index (χ0v) is 9.25. The summed E-state index contributed by atoms with van der Waals surface area (Å²) >= 11 is 0. The predicted molar refractivity (Wildman–Crippen MR) is 57.3 cm³/mol. The Labute approximate surface area is 85.3 Å². The van der Waals surface area contributed by atoms with Gasteiger partial charge in [-0.05, 0) is 51.1 Å². The van der Waals surface area contributed by atoms with Gasteiger partial charge < -0.3 is 5.73 Å². The van der Waals surface area contributed by atoms with Gasteiger partial charge in [0.2, 0.25) is 0 Å². The molecule has 78 valence electrons. The molecule has 1 aromatic rings. The van der Waals surface area contributed by atoms with Crippen LogP contribution in [0.15, 0.2) is 0 Å². The fourth-order valence-corrected chi connectivity index (χ4v) is 2.42. The average Bonchev–Trinajstić information content (AvgIpc) is 2.88. The molecule has 0 spiro atoms. The van der Waals surface area contributed by atoms with Crippen molar-refractivity contribution in [3.63, 3.8) is 0 Å². The van der Waals surface area contributed by atoms with Crippen molar-refractivity contribution in [2.45, 2.75) is 39.7 Å². The molecule has 0 aromatic carbocycles. The summed E-state index contributed by atoms with van der Waals surface area (Å²) in [5.41, 5.74) is 9.67. The molecule has 3 nitrogen and oxygen atoms in total. The summed E-state index contributed by atoms with van der Waals surface area (Å²) in [7, 11) is 0. The zero-order valence-electron chi connectivity index (χ0n) is 9.25. The molecule has 1 fully saturated rings. The van der Waals surface area contributed by atoms with E-state index in [9.17, 15) is 0 Å². The molecule has 1 aromatic heterocycles. The lowest BCUT2D eigenvalue weighted by Crippen LogP contribution is -2.03. The third kappa shape index (κ3) is 1.36. The molecule has 2 atom stereocenters. The molecule has 1 aliphatic carbocycles. The topological polar surface area (TPSA) is 43.8 Å². The van der Waals surface area contributed by atoms with Gasteiger partial charge in [0.15, 0.2) is 0 Å². The number of rotatable bonds is 3. The smallest absolute Gasteiger partial charge is 0.0631 e. The van der Waals surface area contributed by atoms with Crippen molar-refractivity contribution in [1.29, 1.82) is 0 Å². The Morgan fingerprint density at radius 1 is 1.50 bits per heavy atom. The molecular formula is C11H19N3. The van der Waals surface area contributed by atoms with E-state index in [1.807, 2.05) is 0 Å². The van der Waals surface area contributed by atoms with Crippen LogP contribution in [0, 0.1) is 19.8 Å². The van der Waals surface area contributed by atoms with Crippen LogP contribution in [0.1, 0.15) is 36.2 Å². The Kier molecular flexibility index (Phi) is 2.35. The van der Waals surface area contributed by atoms with E-state index in [0.717, 1.165) is 13.1 Å². The first-order valence-electron chi connectivity index (χ1n) is 5.43. The van der Waals surface area contributed by atoms with Gasteiger partial charge in [-0.2, -0.15) is 5.10 Å². The van der Waals surface area contributed by atoms with Crippen LogP contribution in [0.5, 0.6) is 0 Å². The molecule has 2 rings (SSSR count). The minimum atomic E-state index is 0.695. The molecule has 0 unspecified atom stereocenters. The second-order valence-electron chi connectivity index (χ2n) is 4.24. The maximum absolute atomic E-state index is 5.67. The van der Waals surface area contributed by atoms with Gasteiger partial charge in [0.25, 0.3) is 0 Å². The van der Waals surface area contributed by atoms with Crippen molar-refractivity contribution in [2.24, 2.45) is 11.7 Å². The predicted octanol–water partition coefficient (Wildman–Crippen LogP) is 1.58. The van der Waals surface area contributed by atoms with Crippen LogP contribution in [0.4, 0.5) is 0 Å². The van der Waals surface area contributed by atoms with Gasteiger partial charge in [-0.15, -0.1) is 0 Å². The highest BCUT2D eigenvalue weighted by Gasteiger charge is 2.40. The molecule has 3 heteroatoms. The van der Waals surface area contributed by atoms with Crippen LogP contribution in [-0.2, 0) is 6.54 Å². The molecule has 0 saturated heterocycles. The number of nitrogens with zero attached hydrogens (tertiary/aromatic N) is 2.